The van der Waals surface area contributed by atoms with Gasteiger partial charge in [0.15, 0.2) is 0 Å². The predicted octanol–water partition coefficient (Wildman–Crippen LogP) is 2.04. The lowest BCUT2D eigenvalue weighted by molar-refractivity contribution is 0.436. The van der Waals surface area contributed by atoms with E-state index in [1.165, 1.54) is 18.5 Å². The van der Waals surface area contributed by atoms with Crippen molar-refractivity contribution in [2.75, 3.05) is 6.54 Å². The largest absolute Gasteiger partial charge is 0.313 e. The highest BCUT2D eigenvalue weighted by molar-refractivity contribution is 5.77. The number of fused-ring (bicyclic) bond motifs is 2. The van der Waals surface area contributed by atoms with Crippen LogP contribution in [-0.4, -0.2) is 27.6 Å². The second-order valence-electron chi connectivity index (χ2n) is 5.23. The monoisotopic (exact) mass is 240 g/mol. The number of benzene rings is 1. The maximum absolute atomic E-state index is 4.30. The minimum Gasteiger partial charge on any atom is -0.313 e. The first kappa shape index (κ1) is 10.3. The zero-order valence-electron chi connectivity index (χ0n) is 10.2. The molecule has 2 aromatic rings. The van der Waals surface area contributed by atoms with Gasteiger partial charge in [-0.05, 0) is 37.4 Å². The molecular formula is C14H16N4. The molecule has 2 heterocycles. The SMILES string of the molecule is C1=C(n2nnc3ccccc32)CC2NCCC2C1. The number of nitrogens with one attached hydrogen (secondary N) is 1. The molecule has 4 rings (SSSR count). The lowest BCUT2D eigenvalue weighted by atomic mass is 9.88. The molecule has 1 aromatic heterocycles. The molecule has 1 aromatic carbocycles. The Morgan fingerprint density at radius 1 is 1.28 bits per heavy atom. The van der Waals surface area contributed by atoms with Gasteiger partial charge in [0.1, 0.15) is 5.52 Å². The number of para-hydroxylation sites is 1. The number of allylic oxidation sites excluding steroid dienone is 1. The van der Waals surface area contributed by atoms with Crippen LogP contribution >= 0.6 is 0 Å². The van der Waals surface area contributed by atoms with E-state index in [1.54, 1.807) is 0 Å². The third-order valence-corrected chi connectivity index (χ3v) is 4.20. The van der Waals surface area contributed by atoms with Crippen LogP contribution < -0.4 is 5.32 Å². The first-order valence-corrected chi connectivity index (χ1v) is 6.65. The van der Waals surface area contributed by atoms with E-state index in [4.69, 9.17) is 0 Å². The van der Waals surface area contributed by atoms with E-state index in [9.17, 15) is 0 Å². The van der Waals surface area contributed by atoms with Crippen LogP contribution in [0.4, 0.5) is 0 Å². The molecule has 1 aliphatic carbocycles. The number of hydrogen-bond donors (Lipinski definition) is 1. The van der Waals surface area contributed by atoms with Gasteiger partial charge in [-0.2, -0.15) is 0 Å². The van der Waals surface area contributed by atoms with Crippen molar-refractivity contribution < 1.29 is 0 Å². The molecule has 2 unspecified atom stereocenters. The van der Waals surface area contributed by atoms with Crippen molar-refractivity contribution >= 4 is 16.7 Å². The summed E-state index contributed by atoms with van der Waals surface area (Å²) >= 11 is 0. The van der Waals surface area contributed by atoms with Gasteiger partial charge < -0.3 is 5.32 Å². The van der Waals surface area contributed by atoms with E-state index in [2.05, 4.69) is 27.8 Å². The van der Waals surface area contributed by atoms with Crippen LogP contribution in [0.2, 0.25) is 0 Å². The molecule has 1 aliphatic heterocycles. The topological polar surface area (TPSA) is 42.7 Å². The highest BCUT2D eigenvalue weighted by Crippen LogP contribution is 2.32. The summed E-state index contributed by atoms with van der Waals surface area (Å²) < 4.78 is 2.01. The number of hydrogen-bond acceptors (Lipinski definition) is 3. The van der Waals surface area contributed by atoms with Gasteiger partial charge in [-0.25, -0.2) is 4.68 Å². The molecule has 1 N–H and O–H groups in total. The van der Waals surface area contributed by atoms with Crippen molar-refractivity contribution in [3.8, 4) is 0 Å². The van der Waals surface area contributed by atoms with Gasteiger partial charge in [0.25, 0.3) is 0 Å². The summed E-state index contributed by atoms with van der Waals surface area (Å²) in [6, 6.07) is 8.78. The predicted molar refractivity (Wildman–Crippen MR) is 70.9 cm³/mol. The molecule has 0 bridgehead atoms. The van der Waals surface area contributed by atoms with Crippen molar-refractivity contribution in [2.45, 2.75) is 25.3 Å². The van der Waals surface area contributed by atoms with Crippen molar-refractivity contribution in [1.82, 2.24) is 20.3 Å². The van der Waals surface area contributed by atoms with Gasteiger partial charge >= 0.3 is 0 Å². The summed E-state index contributed by atoms with van der Waals surface area (Å²) in [6.45, 7) is 1.16. The molecule has 4 nitrogen and oxygen atoms in total. The Balaban J connectivity index is 1.75. The zero-order valence-corrected chi connectivity index (χ0v) is 10.2. The van der Waals surface area contributed by atoms with E-state index in [0.29, 0.717) is 6.04 Å². The molecule has 18 heavy (non-hydrogen) atoms. The standard InChI is InChI=1S/C14H16N4/c1-2-4-14-12(3-1)16-17-18(14)11-6-5-10-7-8-15-13(10)9-11/h1-4,6,10,13,15H,5,7-9H2. The van der Waals surface area contributed by atoms with E-state index in [0.717, 1.165) is 29.9 Å². The maximum atomic E-state index is 4.30. The maximum Gasteiger partial charge on any atom is 0.113 e. The normalized spacial score (nSPS) is 27.2. The van der Waals surface area contributed by atoms with Gasteiger partial charge in [0.05, 0.1) is 5.52 Å². The van der Waals surface area contributed by atoms with Crippen molar-refractivity contribution in [3.63, 3.8) is 0 Å². The molecule has 92 valence electrons. The van der Waals surface area contributed by atoms with Crippen LogP contribution in [0, 0.1) is 5.92 Å². The summed E-state index contributed by atoms with van der Waals surface area (Å²) in [5.41, 5.74) is 3.37. The highest BCUT2D eigenvalue weighted by atomic mass is 15.4. The first-order valence-electron chi connectivity index (χ1n) is 6.65. The molecule has 0 saturated carbocycles. The molecule has 1 saturated heterocycles. The lowest BCUT2D eigenvalue weighted by Crippen LogP contribution is -2.30. The Labute approximate surface area is 106 Å². The van der Waals surface area contributed by atoms with Crippen LogP contribution in [0.1, 0.15) is 19.3 Å². The molecule has 0 spiro atoms. The summed E-state index contributed by atoms with van der Waals surface area (Å²) in [7, 11) is 0. The Hall–Kier alpha value is -1.68. The smallest absolute Gasteiger partial charge is 0.113 e. The quantitative estimate of drug-likeness (QED) is 0.829. The number of rotatable bonds is 1. The summed E-state index contributed by atoms with van der Waals surface area (Å²) in [6.07, 6.45) is 5.89. The van der Waals surface area contributed by atoms with Gasteiger partial charge in [-0.15, -0.1) is 5.10 Å². The van der Waals surface area contributed by atoms with Crippen molar-refractivity contribution in [2.24, 2.45) is 5.92 Å². The van der Waals surface area contributed by atoms with E-state index in [-0.39, 0.29) is 0 Å². The number of nitrogens with zero attached hydrogens (tertiary/aromatic N) is 3. The minimum absolute atomic E-state index is 0.632. The van der Waals surface area contributed by atoms with E-state index in [1.807, 2.05) is 22.9 Å². The fraction of sp³-hybridized carbons (Fsp3) is 0.429. The van der Waals surface area contributed by atoms with Crippen LogP contribution in [0.15, 0.2) is 30.3 Å². The fourth-order valence-electron chi connectivity index (χ4n) is 3.19. The molecule has 0 amide bonds. The minimum atomic E-state index is 0.632. The molecule has 4 heteroatoms. The Morgan fingerprint density at radius 3 is 3.22 bits per heavy atom. The lowest BCUT2D eigenvalue weighted by Gasteiger charge is -2.25. The first-order chi connectivity index (χ1) is 8.92. The Bertz CT molecular complexity index is 613. The Kier molecular flexibility index (Phi) is 2.23. The third-order valence-electron chi connectivity index (χ3n) is 4.20. The number of aromatic nitrogens is 3. The third kappa shape index (κ3) is 1.49. The Morgan fingerprint density at radius 2 is 2.22 bits per heavy atom. The summed E-state index contributed by atoms with van der Waals surface area (Å²) in [4.78, 5) is 0. The molecule has 0 radical (unpaired) electrons. The van der Waals surface area contributed by atoms with Gasteiger partial charge in [-0.3, -0.25) is 0 Å². The van der Waals surface area contributed by atoms with Crippen molar-refractivity contribution in [1.29, 1.82) is 0 Å². The van der Waals surface area contributed by atoms with Gasteiger partial charge in [-0.1, -0.05) is 23.4 Å². The van der Waals surface area contributed by atoms with Crippen molar-refractivity contribution in [3.05, 3.63) is 30.3 Å². The zero-order chi connectivity index (χ0) is 11.9. The average molecular weight is 240 g/mol. The highest BCUT2D eigenvalue weighted by Gasteiger charge is 2.30. The second-order valence-corrected chi connectivity index (χ2v) is 5.23. The van der Waals surface area contributed by atoms with Crippen LogP contribution in [0.5, 0.6) is 0 Å². The van der Waals surface area contributed by atoms with Crippen LogP contribution in [-0.2, 0) is 0 Å². The van der Waals surface area contributed by atoms with Crippen LogP contribution in [0.3, 0.4) is 0 Å². The summed E-state index contributed by atoms with van der Waals surface area (Å²) in [5.74, 6) is 0.823. The molecule has 2 aliphatic rings. The summed E-state index contributed by atoms with van der Waals surface area (Å²) in [5, 5.41) is 12.1. The molecule has 1 fully saturated rings. The second kappa shape index (κ2) is 3.92. The fourth-order valence-corrected chi connectivity index (χ4v) is 3.19. The molecule has 2 atom stereocenters. The molecular weight excluding hydrogens is 224 g/mol. The van der Waals surface area contributed by atoms with E-state index < -0.39 is 0 Å². The van der Waals surface area contributed by atoms with Gasteiger partial charge in [0, 0.05) is 18.2 Å². The van der Waals surface area contributed by atoms with Gasteiger partial charge in [0.2, 0.25) is 0 Å². The average Bonchev–Trinajstić information content (AvgIpc) is 3.04. The van der Waals surface area contributed by atoms with E-state index >= 15 is 0 Å². The van der Waals surface area contributed by atoms with Crippen LogP contribution in [0.25, 0.3) is 16.7 Å².